The second kappa shape index (κ2) is 6.33. The predicted molar refractivity (Wildman–Crippen MR) is 84.5 cm³/mol. The number of benzene rings is 2. The first-order valence-corrected chi connectivity index (χ1v) is 7.30. The summed E-state index contributed by atoms with van der Waals surface area (Å²) in [6.07, 6.45) is 0. The Kier molecular flexibility index (Phi) is 4.77. The maximum atomic E-state index is 11.9. The molecule has 0 aliphatic heterocycles. The van der Waals surface area contributed by atoms with E-state index in [2.05, 4.69) is 43.8 Å². The van der Waals surface area contributed by atoms with Crippen LogP contribution in [-0.4, -0.2) is 5.91 Å². The molecule has 0 saturated carbocycles. The summed E-state index contributed by atoms with van der Waals surface area (Å²) in [5.74, 6) is -0.0477. The summed E-state index contributed by atoms with van der Waals surface area (Å²) in [6.45, 7) is 0.531. The van der Waals surface area contributed by atoms with Crippen molar-refractivity contribution in [2.45, 2.75) is 6.54 Å². The van der Waals surface area contributed by atoms with Crippen LogP contribution in [0.5, 0.6) is 0 Å². The minimum absolute atomic E-state index is 0.0477. The van der Waals surface area contributed by atoms with E-state index in [9.17, 15) is 4.79 Å². The smallest absolute Gasteiger partial charge is 0.251 e. The number of hydrogen-bond donors (Lipinski definition) is 1. The third-order valence-corrected chi connectivity index (χ3v) is 3.59. The van der Waals surface area contributed by atoms with Gasteiger partial charge in [0.15, 0.2) is 0 Å². The fourth-order valence-corrected chi connectivity index (χ4v) is 2.55. The first-order valence-electron chi connectivity index (χ1n) is 5.43. The molecule has 0 fully saturated rings. The van der Waals surface area contributed by atoms with Crippen molar-refractivity contribution >= 4 is 44.4 Å². The molecule has 0 unspecified atom stereocenters. The van der Waals surface area contributed by atoms with Gasteiger partial charge in [0, 0.05) is 20.2 Å². The maximum Gasteiger partial charge on any atom is 0.251 e. The van der Waals surface area contributed by atoms with Gasteiger partial charge in [-0.25, -0.2) is 0 Å². The van der Waals surface area contributed by atoms with E-state index in [1.165, 1.54) is 0 Å². The largest absolute Gasteiger partial charge is 0.348 e. The topological polar surface area (TPSA) is 29.1 Å². The highest BCUT2D eigenvalue weighted by Crippen LogP contribution is 2.12. The van der Waals surface area contributed by atoms with Gasteiger partial charge >= 0.3 is 0 Å². The first-order chi connectivity index (χ1) is 8.65. The van der Waals surface area contributed by atoms with E-state index in [4.69, 9.17) is 0 Å². The number of carbonyl (C=O) groups is 1. The molecule has 0 aliphatic carbocycles. The van der Waals surface area contributed by atoms with Crippen molar-refractivity contribution in [2.24, 2.45) is 0 Å². The number of hydrogen-bond acceptors (Lipinski definition) is 1. The summed E-state index contributed by atoms with van der Waals surface area (Å²) in [5, 5.41) is 2.91. The molecule has 0 atom stereocenters. The summed E-state index contributed by atoms with van der Waals surface area (Å²) >= 11 is 5.61. The second-order valence-corrected chi connectivity index (χ2v) is 5.98. The van der Waals surface area contributed by atoms with Gasteiger partial charge < -0.3 is 5.32 Å². The van der Waals surface area contributed by atoms with Crippen LogP contribution in [0.1, 0.15) is 15.9 Å². The molecule has 1 amide bonds. The van der Waals surface area contributed by atoms with Crippen LogP contribution in [0.3, 0.4) is 0 Å². The standard InChI is InChI=1S/C14H11BrINO/c15-12-5-1-3-10(7-12)9-17-14(18)11-4-2-6-13(16)8-11/h1-8H,9H2,(H,17,18). The SMILES string of the molecule is O=C(NCc1cccc(Br)c1)c1cccc(I)c1. The molecule has 0 heterocycles. The molecule has 1 N–H and O–H groups in total. The molecule has 0 spiro atoms. The summed E-state index contributed by atoms with van der Waals surface area (Å²) in [5.41, 5.74) is 1.76. The van der Waals surface area contributed by atoms with Crippen molar-refractivity contribution < 1.29 is 4.79 Å². The Morgan fingerprint density at radius 3 is 2.67 bits per heavy atom. The zero-order valence-corrected chi connectivity index (χ0v) is 13.2. The van der Waals surface area contributed by atoms with E-state index in [1.807, 2.05) is 48.5 Å². The van der Waals surface area contributed by atoms with Crippen LogP contribution in [0.4, 0.5) is 0 Å². The Morgan fingerprint density at radius 1 is 1.17 bits per heavy atom. The summed E-state index contributed by atoms with van der Waals surface area (Å²) in [6, 6.07) is 15.4. The van der Waals surface area contributed by atoms with Crippen LogP contribution < -0.4 is 5.32 Å². The maximum absolute atomic E-state index is 11.9. The lowest BCUT2D eigenvalue weighted by molar-refractivity contribution is 0.0951. The molecule has 2 rings (SSSR count). The van der Waals surface area contributed by atoms with Gasteiger partial charge in [-0.2, -0.15) is 0 Å². The van der Waals surface area contributed by atoms with E-state index in [0.29, 0.717) is 12.1 Å². The third kappa shape index (κ3) is 3.81. The van der Waals surface area contributed by atoms with Crippen molar-refractivity contribution in [3.63, 3.8) is 0 Å². The van der Waals surface area contributed by atoms with Crippen molar-refractivity contribution in [1.29, 1.82) is 0 Å². The molecule has 0 bridgehead atoms. The second-order valence-electron chi connectivity index (χ2n) is 3.82. The molecule has 2 nitrogen and oxygen atoms in total. The van der Waals surface area contributed by atoms with E-state index in [-0.39, 0.29) is 5.91 Å². The Morgan fingerprint density at radius 2 is 1.94 bits per heavy atom. The average Bonchev–Trinajstić information content (AvgIpc) is 2.36. The van der Waals surface area contributed by atoms with Crippen molar-refractivity contribution in [3.05, 3.63) is 67.7 Å². The number of rotatable bonds is 3. The minimum Gasteiger partial charge on any atom is -0.348 e. The van der Waals surface area contributed by atoms with Crippen LogP contribution in [0.25, 0.3) is 0 Å². The monoisotopic (exact) mass is 415 g/mol. The van der Waals surface area contributed by atoms with Crippen molar-refractivity contribution in [1.82, 2.24) is 5.32 Å². The lowest BCUT2D eigenvalue weighted by Gasteiger charge is -2.06. The van der Waals surface area contributed by atoms with Crippen LogP contribution >= 0.6 is 38.5 Å². The highest BCUT2D eigenvalue weighted by Gasteiger charge is 2.05. The molecule has 2 aromatic carbocycles. The van der Waals surface area contributed by atoms with Gasteiger partial charge in [-0.1, -0.05) is 34.1 Å². The van der Waals surface area contributed by atoms with Crippen LogP contribution in [-0.2, 0) is 6.54 Å². The lowest BCUT2D eigenvalue weighted by Crippen LogP contribution is -2.22. The Labute approximate surface area is 128 Å². The van der Waals surface area contributed by atoms with Crippen LogP contribution in [0, 0.1) is 3.57 Å². The summed E-state index contributed by atoms with van der Waals surface area (Å²) in [4.78, 5) is 11.9. The fourth-order valence-electron chi connectivity index (χ4n) is 1.56. The van der Waals surface area contributed by atoms with E-state index < -0.39 is 0 Å². The van der Waals surface area contributed by atoms with Gasteiger partial charge in [-0.3, -0.25) is 4.79 Å². The predicted octanol–water partition coefficient (Wildman–Crippen LogP) is 3.98. The number of amides is 1. The van der Waals surface area contributed by atoms with Gasteiger partial charge in [0.2, 0.25) is 0 Å². The van der Waals surface area contributed by atoms with Crippen LogP contribution in [0.15, 0.2) is 53.0 Å². The van der Waals surface area contributed by atoms with E-state index >= 15 is 0 Å². The number of carbonyl (C=O) groups excluding carboxylic acids is 1. The highest BCUT2D eigenvalue weighted by atomic mass is 127. The first kappa shape index (κ1) is 13.5. The zero-order chi connectivity index (χ0) is 13.0. The minimum atomic E-state index is -0.0477. The number of nitrogens with one attached hydrogen (secondary N) is 1. The van der Waals surface area contributed by atoms with Crippen molar-refractivity contribution in [2.75, 3.05) is 0 Å². The Bertz CT molecular complexity index is 571. The molecule has 18 heavy (non-hydrogen) atoms. The summed E-state index contributed by atoms with van der Waals surface area (Å²) in [7, 11) is 0. The Hall–Kier alpha value is -0.880. The van der Waals surface area contributed by atoms with E-state index in [1.54, 1.807) is 0 Å². The lowest BCUT2D eigenvalue weighted by atomic mass is 10.2. The van der Waals surface area contributed by atoms with E-state index in [0.717, 1.165) is 13.6 Å². The molecule has 0 aromatic heterocycles. The molecular formula is C14H11BrINO. The Balaban J connectivity index is 2.00. The van der Waals surface area contributed by atoms with Gasteiger partial charge in [0.25, 0.3) is 5.91 Å². The third-order valence-electron chi connectivity index (χ3n) is 2.43. The fraction of sp³-hybridized carbons (Fsp3) is 0.0714. The molecule has 92 valence electrons. The highest BCUT2D eigenvalue weighted by molar-refractivity contribution is 14.1. The average molecular weight is 416 g/mol. The molecule has 0 saturated heterocycles. The molecule has 4 heteroatoms. The quantitative estimate of drug-likeness (QED) is 0.754. The molecule has 0 aliphatic rings. The zero-order valence-electron chi connectivity index (χ0n) is 9.49. The van der Waals surface area contributed by atoms with Gasteiger partial charge in [0.05, 0.1) is 0 Å². The molecule has 0 radical (unpaired) electrons. The van der Waals surface area contributed by atoms with Gasteiger partial charge in [-0.15, -0.1) is 0 Å². The van der Waals surface area contributed by atoms with Crippen molar-refractivity contribution in [3.8, 4) is 0 Å². The molecule has 2 aromatic rings. The van der Waals surface area contributed by atoms with Crippen LogP contribution in [0.2, 0.25) is 0 Å². The van der Waals surface area contributed by atoms with Gasteiger partial charge in [-0.05, 0) is 58.5 Å². The summed E-state index contributed by atoms with van der Waals surface area (Å²) < 4.78 is 2.08. The normalized spacial score (nSPS) is 10.1. The molecular weight excluding hydrogens is 405 g/mol. The number of halogens is 2. The van der Waals surface area contributed by atoms with Gasteiger partial charge in [0.1, 0.15) is 0 Å².